The molecule has 0 saturated carbocycles. The van der Waals surface area contributed by atoms with Crippen LogP contribution in [0.3, 0.4) is 0 Å². The van der Waals surface area contributed by atoms with Gasteiger partial charge < -0.3 is 10.6 Å². The summed E-state index contributed by atoms with van der Waals surface area (Å²) in [6.45, 7) is 1.22. The normalized spacial score (nSPS) is 10.4. The standard InChI is InChI=1S/C16H15FN6S/c17-13-9-21-15(22-10-13)20-8-12-3-1-11(2-4-12)7-19-14-5-6-18-16(24)23-14/h1-6,9-10H,7-8H2,(H,20,21,22)(H2,18,19,23,24). The highest BCUT2D eigenvalue weighted by molar-refractivity contribution is 7.80. The van der Waals surface area contributed by atoms with E-state index < -0.39 is 5.82 Å². The van der Waals surface area contributed by atoms with Crippen LogP contribution in [0.5, 0.6) is 0 Å². The lowest BCUT2D eigenvalue weighted by molar-refractivity contribution is 0.614. The van der Waals surface area contributed by atoms with Crippen molar-refractivity contribution in [1.29, 1.82) is 0 Å². The number of benzene rings is 1. The maximum absolute atomic E-state index is 12.7. The molecule has 0 radical (unpaired) electrons. The Morgan fingerprint density at radius 2 is 1.50 bits per heavy atom. The van der Waals surface area contributed by atoms with Crippen LogP contribution in [0.4, 0.5) is 16.2 Å². The van der Waals surface area contributed by atoms with Crippen molar-refractivity contribution in [2.45, 2.75) is 18.2 Å². The van der Waals surface area contributed by atoms with Gasteiger partial charge in [0.15, 0.2) is 11.0 Å². The minimum Gasteiger partial charge on any atom is -0.366 e. The Balaban J connectivity index is 1.52. The Morgan fingerprint density at radius 3 is 2.12 bits per heavy atom. The van der Waals surface area contributed by atoms with Gasteiger partial charge in [0.25, 0.3) is 0 Å². The lowest BCUT2D eigenvalue weighted by Gasteiger charge is -2.08. The molecule has 0 fully saturated rings. The molecule has 0 bridgehead atoms. The number of anilines is 2. The fraction of sp³-hybridized carbons (Fsp3) is 0.125. The first-order valence-corrected chi connectivity index (χ1v) is 7.69. The monoisotopic (exact) mass is 342 g/mol. The molecule has 3 aromatic rings. The molecule has 8 heteroatoms. The second kappa shape index (κ2) is 7.69. The van der Waals surface area contributed by atoms with Crippen LogP contribution in [-0.4, -0.2) is 19.9 Å². The molecule has 6 nitrogen and oxygen atoms in total. The van der Waals surface area contributed by atoms with Gasteiger partial charge >= 0.3 is 0 Å². The number of thiol groups is 1. The Bertz CT molecular complexity index is 794. The number of nitrogens with zero attached hydrogens (tertiary/aromatic N) is 4. The number of nitrogens with one attached hydrogen (secondary N) is 2. The zero-order valence-corrected chi connectivity index (χ0v) is 13.5. The summed E-state index contributed by atoms with van der Waals surface area (Å²) in [5, 5.41) is 6.69. The smallest absolute Gasteiger partial charge is 0.223 e. The summed E-state index contributed by atoms with van der Waals surface area (Å²) in [5.74, 6) is 0.675. The van der Waals surface area contributed by atoms with E-state index in [-0.39, 0.29) is 0 Å². The molecule has 122 valence electrons. The third kappa shape index (κ3) is 4.63. The average molecular weight is 342 g/mol. The third-order valence-electron chi connectivity index (χ3n) is 3.21. The Labute approximate surface area is 144 Å². The van der Waals surface area contributed by atoms with E-state index in [0.717, 1.165) is 29.3 Å². The van der Waals surface area contributed by atoms with Crippen LogP contribution < -0.4 is 10.6 Å². The summed E-state index contributed by atoms with van der Waals surface area (Å²) in [6, 6.07) is 9.87. The molecule has 3 rings (SSSR count). The van der Waals surface area contributed by atoms with Crippen molar-refractivity contribution in [2.24, 2.45) is 0 Å². The Hall–Kier alpha value is -2.74. The van der Waals surface area contributed by atoms with Gasteiger partial charge in [-0.1, -0.05) is 24.3 Å². The van der Waals surface area contributed by atoms with Gasteiger partial charge in [-0.3, -0.25) is 0 Å². The van der Waals surface area contributed by atoms with Gasteiger partial charge in [-0.15, -0.1) is 12.6 Å². The lowest BCUT2D eigenvalue weighted by atomic mass is 10.1. The van der Waals surface area contributed by atoms with Gasteiger partial charge in [0.2, 0.25) is 5.95 Å². The summed E-state index contributed by atoms with van der Waals surface area (Å²) in [6.07, 6.45) is 3.92. The highest BCUT2D eigenvalue weighted by Gasteiger charge is 2.00. The molecule has 0 spiro atoms. The third-order valence-corrected chi connectivity index (χ3v) is 3.43. The van der Waals surface area contributed by atoms with E-state index in [2.05, 4.69) is 43.2 Å². The van der Waals surface area contributed by atoms with E-state index in [4.69, 9.17) is 0 Å². The fourth-order valence-electron chi connectivity index (χ4n) is 2.00. The highest BCUT2D eigenvalue weighted by Crippen LogP contribution is 2.10. The van der Waals surface area contributed by atoms with Crippen molar-refractivity contribution in [3.05, 3.63) is 65.9 Å². The summed E-state index contributed by atoms with van der Waals surface area (Å²) >= 11 is 4.11. The summed E-state index contributed by atoms with van der Waals surface area (Å²) in [5.41, 5.74) is 2.20. The van der Waals surface area contributed by atoms with Crippen LogP contribution in [0.15, 0.2) is 54.1 Å². The van der Waals surface area contributed by atoms with Crippen LogP contribution in [0.25, 0.3) is 0 Å². The zero-order chi connectivity index (χ0) is 16.8. The van der Waals surface area contributed by atoms with Crippen LogP contribution in [-0.2, 0) is 13.1 Å². The molecule has 2 N–H and O–H groups in total. The van der Waals surface area contributed by atoms with Gasteiger partial charge in [0.1, 0.15) is 5.82 Å². The van der Waals surface area contributed by atoms with Crippen molar-refractivity contribution < 1.29 is 4.39 Å². The first-order chi connectivity index (χ1) is 11.7. The van der Waals surface area contributed by atoms with Crippen LogP contribution in [0, 0.1) is 5.82 Å². The molecule has 24 heavy (non-hydrogen) atoms. The summed E-state index contributed by atoms with van der Waals surface area (Å²) < 4.78 is 12.7. The van der Waals surface area contributed by atoms with Crippen molar-refractivity contribution in [2.75, 3.05) is 10.6 Å². The molecule has 2 aromatic heterocycles. The van der Waals surface area contributed by atoms with E-state index in [1.165, 1.54) is 0 Å². The van der Waals surface area contributed by atoms with Gasteiger partial charge in [-0.05, 0) is 17.2 Å². The molecule has 0 unspecified atom stereocenters. The first-order valence-electron chi connectivity index (χ1n) is 7.24. The molecule has 0 aliphatic rings. The maximum atomic E-state index is 12.7. The van der Waals surface area contributed by atoms with Crippen molar-refractivity contribution in [3.8, 4) is 0 Å². The van der Waals surface area contributed by atoms with E-state index in [9.17, 15) is 4.39 Å². The number of hydrogen-bond donors (Lipinski definition) is 3. The maximum Gasteiger partial charge on any atom is 0.223 e. The average Bonchev–Trinajstić information content (AvgIpc) is 2.60. The number of rotatable bonds is 6. The summed E-state index contributed by atoms with van der Waals surface area (Å²) in [7, 11) is 0. The van der Waals surface area contributed by atoms with E-state index in [1.54, 1.807) is 12.3 Å². The van der Waals surface area contributed by atoms with Crippen molar-refractivity contribution in [3.63, 3.8) is 0 Å². The molecular formula is C16H15FN6S. The van der Waals surface area contributed by atoms with Gasteiger partial charge in [0, 0.05) is 19.3 Å². The number of hydrogen-bond acceptors (Lipinski definition) is 7. The van der Waals surface area contributed by atoms with Crippen LogP contribution in [0.1, 0.15) is 11.1 Å². The SMILES string of the molecule is Fc1cnc(NCc2ccc(CNc3ccnc(S)n3)cc2)nc1. The van der Waals surface area contributed by atoms with Crippen molar-refractivity contribution >= 4 is 24.4 Å². The fourth-order valence-corrected chi connectivity index (χ4v) is 2.17. The topological polar surface area (TPSA) is 75.6 Å². The van der Waals surface area contributed by atoms with E-state index in [0.29, 0.717) is 24.2 Å². The molecule has 0 atom stereocenters. The summed E-state index contributed by atoms with van der Waals surface area (Å²) in [4.78, 5) is 15.8. The molecule has 1 aromatic carbocycles. The van der Waals surface area contributed by atoms with Gasteiger partial charge in [-0.25, -0.2) is 24.3 Å². The molecule has 0 amide bonds. The lowest BCUT2D eigenvalue weighted by Crippen LogP contribution is -2.04. The predicted molar refractivity (Wildman–Crippen MR) is 92.4 cm³/mol. The van der Waals surface area contributed by atoms with Crippen molar-refractivity contribution in [1.82, 2.24) is 19.9 Å². The molecule has 0 aliphatic carbocycles. The molecule has 2 heterocycles. The number of halogens is 1. The van der Waals surface area contributed by atoms with Crippen LogP contribution in [0.2, 0.25) is 0 Å². The molecular weight excluding hydrogens is 327 g/mol. The van der Waals surface area contributed by atoms with Crippen LogP contribution >= 0.6 is 12.6 Å². The highest BCUT2D eigenvalue weighted by atomic mass is 32.1. The van der Waals surface area contributed by atoms with Gasteiger partial charge in [0.05, 0.1) is 12.4 Å². The largest absolute Gasteiger partial charge is 0.366 e. The quantitative estimate of drug-likeness (QED) is 0.472. The zero-order valence-electron chi connectivity index (χ0n) is 12.6. The second-order valence-corrected chi connectivity index (χ2v) is 5.39. The Kier molecular flexibility index (Phi) is 5.17. The minimum absolute atomic E-state index is 0.397. The van der Waals surface area contributed by atoms with E-state index >= 15 is 0 Å². The Morgan fingerprint density at radius 1 is 0.875 bits per heavy atom. The van der Waals surface area contributed by atoms with Gasteiger partial charge in [-0.2, -0.15) is 0 Å². The van der Waals surface area contributed by atoms with E-state index in [1.807, 2.05) is 24.3 Å². The minimum atomic E-state index is -0.453. The molecule has 0 aliphatic heterocycles. The number of aromatic nitrogens is 4. The predicted octanol–water partition coefficient (Wildman–Crippen LogP) is 2.92. The second-order valence-electron chi connectivity index (χ2n) is 4.99. The first kappa shape index (κ1) is 16.1. The molecule has 0 saturated heterocycles.